The molecule has 0 N–H and O–H groups in total. The van der Waals surface area contributed by atoms with E-state index in [0.717, 1.165) is 22.9 Å². The molecule has 0 radical (unpaired) electrons. The van der Waals surface area contributed by atoms with Gasteiger partial charge in [0, 0.05) is 4.47 Å². The molecule has 1 aliphatic carbocycles. The Hall–Kier alpha value is -0.830. The second-order valence-electron chi connectivity index (χ2n) is 3.89. The molecule has 1 saturated carbocycles. The minimum atomic E-state index is -0.111. The highest BCUT2D eigenvalue weighted by Gasteiger charge is 2.37. The molecule has 3 heteroatoms. The van der Waals surface area contributed by atoms with Crippen LogP contribution in [0.5, 0.6) is 0 Å². The number of hydrogen-bond acceptors (Lipinski definition) is 2. The van der Waals surface area contributed by atoms with Crippen molar-refractivity contribution in [1.29, 1.82) is 0 Å². The van der Waals surface area contributed by atoms with Gasteiger partial charge >= 0.3 is 5.97 Å². The van der Waals surface area contributed by atoms with Crippen molar-refractivity contribution in [2.45, 2.75) is 18.8 Å². The molecule has 1 aliphatic rings. The lowest BCUT2D eigenvalue weighted by Crippen LogP contribution is -2.16. The Morgan fingerprint density at radius 1 is 1.40 bits per heavy atom. The SMILES string of the molecule is COC(=O)C(c1ccc(Br)cc1)C1CC1. The first-order valence-electron chi connectivity index (χ1n) is 5.05. The highest BCUT2D eigenvalue weighted by atomic mass is 79.9. The zero-order valence-corrected chi connectivity index (χ0v) is 10.2. The van der Waals surface area contributed by atoms with Crippen molar-refractivity contribution in [2.24, 2.45) is 5.92 Å². The highest BCUT2D eigenvalue weighted by Crippen LogP contribution is 2.43. The molecule has 0 heterocycles. The fourth-order valence-corrected chi connectivity index (χ4v) is 2.09. The van der Waals surface area contributed by atoms with Gasteiger partial charge in [-0.3, -0.25) is 4.79 Å². The second kappa shape index (κ2) is 4.35. The van der Waals surface area contributed by atoms with Crippen LogP contribution in [0.25, 0.3) is 0 Å². The van der Waals surface area contributed by atoms with Gasteiger partial charge in [0.25, 0.3) is 0 Å². The van der Waals surface area contributed by atoms with Crippen molar-refractivity contribution in [1.82, 2.24) is 0 Å². The fraction of sp³-hybridized carbons (Fsp3) is 0.417. The van der Waals surface area contributed by atoms with E-state index in [2.05, 4.69) is 15.9 Å². The van der Waals surface area contributed by atoms with Gasteiger partial charge in [-0.15, -0.1) is 0 Å². The van der Waals surface area contributed by atoms with E-state index in [0.29, 0.717) is 5.92 Å². The van der Waals surface area contributed by atoms with Gasteiger partial charge in [0.05, 0.1) is 13.0 Å². The van der Waals surface area contributed by atoms with Crippen molar-refractivity contribution < 1.29 is 9.53 Å². The minimum absolute atomic E-state index is 0.0666. The van der Waals surface area contributed by atoms with Gasteiger partial charge in [0.1, 0.15) is 0 Å². The van der Waals surface area contributed by atoms with Crippen LogP contribution in [-0.2, 0) is 9.53 Å². The number of hydrogen-bond donors (Lipinski definition) is 0. The molecule has 15 heavy (non-hydrogen) atoms. The monoisotopic (exact) mass is 268 g/mol. The molecule has 0 aromatic heterocycles. The fourth-order valence-electron chi connectivity index (χ4n) is 1.83. The van der Waals surface area contributed by atoms with Crippen LogP contribution >= 0.6 is 15.9 Å². The van der Waals surface area contributed by atoms with Crippen molar-refractivity contribution in [3.05, 3.63) is 34.3 Å². The zero-order chi connectivity index (χ0) is 10.8. The molecule has 1 aromatic carbocycles. The van der Waals surface area contributed by atoms with Crippen LogP contribution in [0.2, 0.25) is 0 Å². The summed E-state index contributed by atoms with van der Waals surface area (Å²) in [5.41, 5.74) is 1.06. The quantitative estimate of drug-likeness (QED) is 0.788. The Kier molecular flexibility index (Phi) is 3.10. The van der Waals surface area contributed by atoms with Gasteiger partial charge in [-0.1, -0.05) is 28.1 Å². The van der Waals surface area contributed by atoms with E-state index in [1.807, 2.05) is 24.3 Å². The first-order chi connectivity index (χ1) is 7.22. The van der Waals surface area contributed by atoms with Crippen LogP contribution in [0.1, 0.15) is 24.3 Å². The molecule has 80 valence electrons. The number of carbonyl (C=O) groups excluding carboxylic acids is 1. The van der Waals surface area contributed by atoms with Gasteiger partial charge in [0.2, 0.25) is 0 Å². The molecule has 0 bridgehead atoms. The molecule has 1 unspecified atom stereocenters. The third-order valence-corrected chi connectivity index (χ3v) is 3.31. The van der Waals surface area contributed by atoms with E-state index in [-0.39, 0.29) is 11.9 Å². The van der Waals surface area contributed by atoms with Crippen molar-refractivity contribution in [3.8, 4) is 0 Å². The van der Waals surface area contributed by atoms with Gasteiger partial charge in [-0.25, -0.2) is 0 Å². The molecule has 1 fully saturated rings. The Morgan fingerprint density at radius 3 is 2.47 bits per heavy atom. The molecule has 0 spiro atoms. The summed E-state index contributed by atoms with van der Waals surface area (Å²) >= 11 is 3.39. The lowest BCUT2D eigenvalue weighted by atomic mass is 9.94. The Morgan fingerprint density at radius 2 is 2.00 bits per heavy atom. The first kappa shape index (κ1) is 10.7. The normalized spacial score (nSPS) is 17.2. The van der Waals surface area contributed by atoms with E-state index in [1.165, 1.54) is 7.11 Å². The molecule has 2 rings (SSSR count). The molecular weight excluding hydrogens is 256 g/mol. The second-order valence-corrected chi connectivity index (χ2v) is 4.81. The molecule has 0 saturated heterocycles. The predicted octanol–water partition coefficient (Wildman–Crippen LogP) is 3.12. The molecular formula is C12H13BrO2. The van der Waals surface area contributed by atoms with E-state index in [9.17, 15) is 4.79 Å². The van der Waals surface area contributed by atoms with Crippen LogP contribution in [0, 0.1) is 5.92 Å². The minimum Gasteiger partial charge on any atom is -0.469 e. The van der Waals surface area contributed by atoms with Gasteiger partial charge in [0.15, 0.2) is 0 Å². The summed E-state index contributed by atoms with van der Waals surface area (Å²) in [5.74, 6) is 0.307. The van der Waals surface area contributed by atoms with Crippen molar-refractivity contribution in [2.75, 3.05) is 7.11 Å². The maximum atomic E-state index is 11.6. The average molecular weight is 269 g/mol. The van der Waals surface area contributed by atoms with Gasteiger partial charge < -0.3 is 4.74 Å². The van der Waals surface area contributed by atoms with E-state index in [1.54, 1.807) is 0 Å². The number of carbonyl (C=O) groups is 1. The third kappa shape index (κ3) is 2.40. The van der Waals surface area contributed by atoms with Gasteiger partial charge in [-0.2, -0.15) is 0 Å². The third-order valence-electron chi connectivity index (χ3n) is 2.78. The summed E-state index contributed by atoms with van der Waals surface area (Å²) in [6.45, 7) is 0. The zero-order valence-electron chi connectivity index (χ0n) is 8.57. The summed E-state index contributed by atoms with van der Waals surface area (Å²) in [5, 5.41) is 0. The van der Waals surface area contributed by atoms with Crippen molar-refractivity contribution >= 4 is 21.9 Å². The number of esters is 1. The molecule has 1 aromatic rings. The maximum absolute atomic E-state index is 11.6. The van der Waals surface area contributed by atoms with Crippen molar-refractivity contribution in [3.63, 3.8) is 0 Å². The van der Waals surface area contributed by atoms with Crippen LogP contribution < -0.4 is 0 Å². The summed E-state index contributed by atoms with van der Waals surface area (Å²) in [6.07, 6.45) is 2.27. The number of ether oxygens (including phenoxy) is 1. The van der Waals surface area contributed by atoms with Crippen LogP contribution in [-0.4, -0.2) is 13.1 Å². The Bertz CT molecular complexity index is 354. The number of halogens is 1. The highest BCUT2D eigenvalue weighted by molar-refractivity contribution is 9.10. The Balaban J connectivity index is 2.24. The first-order valence-corrected chi connectivity index (χ1v) is 5.85. The molecule has 0 aliphatic heterocycles. The molecule has 1 atom stereocenters. The average Bonchev–Trinajstić information content (AvgIpc) is 3.05. The Labute approximate surface area is 97.8 Å². The number of benzene rings is 1. The molecule has 0 amide bonds. The topological polar surface area (TPSA) is 26.3 Å². The standard InChI is InChI=1S/C12H13BrO2/c1-15-12(14)11(8-2-3-8)9-4-6-10(13)7-5-9/h4-8,11H,2-3H2,1H3. The summed E-state index contributed by atoms with van der Waals surface area (Å²) in [4.78, 5) is 11.6. The van der Waals surface area contributed by atoms with Crippen LogP contribution in [0.15, 0.2) is 28.7 Å². The summed E-state index contributed by atoms with van der Waals surface area (Å²) < 4.78 is 5.88. The summed E-state index contributed by atoms with van der Waals surface area (Å²) in [6, 6.07) is 7.91. The molecule has 2 nitrogen and oxygen atoms in total. The van der Waals surface area contributed by atoms with E-state index >= 15 is 0 Å². The smallest absolute Gasteiger partial charge is 0.313 e. The lowest BCUT2D eigenvalue weighted by Gasteiger charge is -2.13. The lowest BCUT2D eigenvalue weighted by molar-refractivity contribution is -0.143. The van der Waals surface area contributed by atoms with Crippen LogP contribution in [0.4, 0.5) is 0 Å². The summed E-state index contributed by atoms with van der Waals surface area (Å²) in [7, 11) is 1.45. The van der Waals surface area contributed by atoms with E-state index < -0.39 is 0 Å². The number of methoxy groups -OCH3 is 1. The van der Waals surface area contributed by atoms with Gasteiger partial charge in [-0.05, 0) is 36.5 Å². The van der Waals surface area contributed by atoms with E-state index in [4.69, 9.17) is 4.74 Å². The maximum Gasteiger partial charge on any atom is 0.313 e. The number of rotatable bonds is 3. The predicted molar refractivity (Wildman–Crippen MR) is 61.6 cm³/mol. The van der Waals surface area contributed by atoms with Crippen LogP contribution in [0.3, 0.4) is 0 Å². The largest absolute Gasteiger partial charge is 0.469 e.